The Hall–Kier alpha value is -2.76. The summed E-state index contributed by atoms with van der Waals surface area (Å²) in [5.41, 5.74) is 3.12. The molecule has 4 nitrogen and oxygen atoms in total. The summed E-state index contributed by atoms with van der Waals surface area (Å²) in [4.78, 5) is 12.6. The molecule has 0 aromatic heterocycles. The molecule has 0 aliphatic carbocycles. The van der Waals surface area contributed by atoms with Crippen molar-refractivity contribution in [1.29, 1.82) is 0 Å². The Bertz CT molecular complexity index is 1040. The van der Waals surface area contributed by atoms with Gasteiger partial charge in [0.05, 0.1) is 11.5 Å². The number of benzene rings is 3. The van der Waals surface area contributed by atoms with Gasteiger partial charge in [0.1, 0.15) is 0 Å². The van der Waals surface area contributed by atoms with E-state index in [1.165, 1.54) is 0 Å². The van der Waals surface area contributed by atoms with Gasteiger partial charge in [0, 0.05) is 17.0 Å². The monoisotopic (exact) mass is 394 g/mol. The number of carbonyl (C=O) groups excluding carboxylic acids is 1. The molecule has 0 spiro atoms. The lowest BCUT2D eigenvalue weighted by Crippen LogP contribution is -2.12. The van der Waals surface area contributed by atoms with Gasteiger partial charge in [0.15, 0.2) is 5.78 Å². The minimum absolute atomic E-state index is 0.0299. The van der Waals surface area contributed by atoms with Crippen LogP contribution in [0, 0.1) is 6.92 Å². The Morgan fingerprint density at radius 3 is 2.04 bits per heavy atom. The van der Waals surface area contributed by atoms with E-state index in [9.17, 15) is 13.2 Å². The summed E-state index contributed by atoms with van der Waals surface area (Å²) in [6.07, 6.45) is 0. The molecule has 0 heterocycles. The van der Waals surface area contributed by atoms with Crippen LogP contribution in [0.2, 0.25) is 0 Å². The molecule has 1 unspecified atom stereocenters. The third-order valence-electron chi connectivity index (χ3n) is 4.56. The molecule has 0 fully saturated rings. The number of carbonyl (C=O) groups is 1. The molecular formula is C23H22O4S. The molecule has 3 rings (SSSR count). The topological polar surface area (TPSA) is 60.4 Å². The van der Waals surface area contributed by atoms with E-state index in [2.05, 4.69) is 0 Å². The zero-order chi connectivity index (χ0) is 20.1. The first-order valence-electron chi connectivity index (χ1n) is 9.02. The lowest BCUT2D eigenvalue weighted by molar-refractivity contribution is 0.103. The molecule has 0 saturated carbocycles. The quantitative estimate of drug-likeness (QED) is 0.429. The van der Waals surface area contributed by atoms with Crippen LogP contribution >= 0.6 is 0 Å². The van der Waals surface area contributed by atoms with Crippen molar-refractivity contribution in [2.24, 2.45) is 0 Å². The van der Waals surface area contributed by atoms with E-state index in [-0.39, 0.29) is 23.2 Å². The Labute approximate surface area is 165 Å². The van der Waals surface area contributed by atoms with E-state index < -0.39 is 10.1 Å². The third kappa shape index (κ3) is 4.74. The molecule has 5 heteroatoms. The first kappa shape index (κ1) is 20.0. The summed E-state index contributed by atoms with van der Waals surface area (Å²) in [6.45, 7) is 3.81. The van der Waals surface area contributed by atoms with Crippen LogP contribution in [0.3, 0.4) is 0 Å². The van der Waals surface area contributed by atoms with Crippen LogP contribution in [0.25, 0.3) is 0 Å². The van der Waals surface area contributed by atoms with Gasteiger partial charge in [-0.05, 0) is 24.6 Å². The molecule has 3 aromatic rings. The highest BCUT2D eigenvalue weighted by atomic mass is 32.2. The van der Waals surface area contributed by atoms with Crippen LogP contribution in [0.4, 0.5) is 0 Å². The van der Waals surface area contributed by atoms with Crippen LogP contribution in [-0.2, 0) is 14.3 Å². The van der Waals surface area contributed by atoms with Crippen LogP contribution in [0.5, 0.6) is 0 Å². The first-order valence-corrected chi connectivity index (χ1v) is 10.4. The Morgan fingerprint density at radius 1 is 0.857 bits per heavy atom. The number of ketones is 1. The molecule has 144 valence electrons. The van der Waals surface area contributed by atoms with E-state index in [1.54, 1.807) is 48.5 Å². The summed E-state index contributed by atoms with van der Waals surface area (Å²) in [7, 11) is -3.79. The van der Waals surface area contributed by atoms with Crippen molar-refractivity contribution in [3.8, 4) is 0 Å². The Kier molecular flexibility index (Phi) is 6.07. The maximum absolute atomic E-state index is 12.5. The minimum atomic E-state index is -3.79. The fourth-order valence-electron chi connectivity index (χ4n) is 2.78. The summed E-state index contributed by atoms with van der Waals surface area (Å²) < 4.78 is 29.8. The van der Waals surface area contributed by atoms with E-state index in [0.717, 1.165) is 11.1 Å². The first-order chi connectivity index (χ1) is 13.4. The highest BCUT2D eigenvalue weighted by Crippen LogP contribution is 2.21. The molecule has 0 N–H and O–H groups in total. The lowest BCUT2D eigenvalue weighted by Gasteiger charge is -2.13. The smallest absolute Gasteiger partial charge is 0.289 e. The number of aryl methyl sites for hydroxylation is 1. The highest BCUT2D eigenvalue weighted by molar-refractivity contribution is 7.86. The predicted molar refractivity (Wildman–Crippen MR) is 109 cm³/mol. The van der Waals surface area contributed by atoms with E-state index in [1.807, 2.05) is 44.2 Å². The van der Waals surface area contributed by atoms with Crippen molar-refractivity contribution in [2.75, 3.05) is 6.61 Å². The number of rotatable bonds is 7. The van der Waals surface area contributed by atoms with Crippen molar-refractivity contribution in [2.45, 2.75) is 24.7 Å². The van der Waals surface area contributed by atoms with Gasteiger partial charge in [0.2, 0.25) is 0 Å². The SMILES string of the molecule is Cc1ccc(S(=O)(=O)OCC(C)c2ccc(C(=O)c3ccccc3)cc2)cc1. The maximum Gasteiger partial charge on any atom is 0.296 e. The van der Waals surface area contributed by atoms with Gasteiger partial charge in [-0.1, -0.05) is 79.2 Å². The van der Waals surface area contributed by atoms with Crippen LogP contribution in [0.1, 0.15) is 39.9 Å². The second-order valence-corrected chi connectivity index (χ2v) is 8.39. The molecule has 28 heavy (non-hydrogen) atoms. The van der Waals surface area contributed by atoms with Crippen LogP contribution in [0.15, 0.2) is 83.8 Å². The Balaban J connectivity index is 1.65. The average Bonchev–Trinajstić information content (AvgIpc) is 2.72. The van der Waals surface area contributed by atoms with Gasteiger partial charge >= 0.3 is 0 Å². The van der Waals surface area contributed by atoms with Crippen molar-refractivity contribution in [3.05, 3.63) is 101 Å². The second kappa shape index (κ2) is 8.50. The second-order valence-electron chi connectivity index (χ2n) is 6.77. The largest absolute Gasteiger partial charge is 0.296 e. The van der Waals surface area contributed by atoms with Crippen molar-refractivity contribution < 1.29 is 17.4 Å². The standard InChI is InChI=1S/C23H22O4S/c1-17-8-14-22(15-9-17)28(25,26)27-16-18(2)19-10-12-21(13-11-19)23(24)20-6-4-3-5-7-20/h3-15,18H,16H2,1-2H3. The molecule has 0 aliphatic heterocycles. The summed E-state index contributed by atoms with van der Waals surface area (Å²) in [5.74, 6) is -0.181. The highest BCUT2D eigenvalue weighted by Gasteiger charge is 2.18. The zero-order valence-corrected chi connectivity index (χ0v) is 16.6. The van der Waals surface area contributed by atoms with Gasteiger partial charge in [-0.2, -0.15) is 8.42 Å². The van der Waals surface area contributed by atoms with Gasteiger partial charge in [-0.25, -0.2) is 0 Å². The van der Waals surface area contributed by atoms with E-state index in [4.69, 9.17) is 4.18 Å². The van der Waals surface area contributed by atoms with Gasteiger partial charge in [-0.3, -0.25) is 8.98 Å². The molecule has 0 amide bonds. The van der Waals surface area contributed by atoms with Crippen molar-refractivity contribution in [1.82, 2.24) is 0 Å². The number of hydrogen-bond acceptors (Lipinski definition) is 4. The van der Waals surface area contributed by atoms with Crippen molar-refractivity contribution >= 4 is 15.9 Å². The molecule has 3 aromatic carbocycles. The lowest BCUT2D eigenvalue weighted by atomic mass is 9.97. The summed E-state index contributed by atoms with van der Waals surface area (Å²) in [5, 5.41) is 0. The summed E-state index contributed by atoms with van der Waals surface area (Å²) >= 11 is 0. The summed E-state index contributed by atoms with van der Waals surface area (Å²) in [6, 6.07) is 22.8. The normalized spacial score (nSPS) is 12.5. The van der Waals surface area contributed by atoms with E-state index >= 15 is 0 Å². The average molecular weight is 394 g/mol. The fourth-order valence-corrected chi connectivity index (χ4v) is 3.77. The maximum atomic E-state index is 12.5. The van der Waals surface area contributed by atoms with Gasteiger partial charge in [0.25, 0.3) is 10.1 Å². The minimum Gasteiger partial charge on any atom is -0.289 e. The molecular weight excluding hydrogens is 372 g/mol. The molecule has 1 atom stereocenters. The van der Waals surface area contributed by atoms with Gasteiger partial charge < -0.3 is 0 Å². The third-order valence-corrected chi connectivity index (χ3v) is 5.86. The van der Waals surface area contributed by atoms with Crippen LogP contribution in [-0.4, -0.2) is 20.8 Å². The van der Waals surface area contributed by atoms with E-state index in [0.29, 0.717) is 11.1 Å². The van der Waals surface area contributed by atoms with Crippen molar-refractivity contribution in [3.63, 3.8) is 0 Å². The molecule has 0 aliphatic rings. The molecule has 0 bridgehead atoms. The van der Waals surface area contributed by atoms with Crippen LogP contribution < -0.4 is 0 Å². The zero-order valence-electron chi connectivity index (χ0n) is 15.8. The number of hydrogen-bond donors (Lipinski definition) is 0. The fraction of sp³-hybridized carbons (Fsp3) is 0.174. The molecule has 0 radical (unpaired) electrons. The Morgan fingerprint density at radius 2 is 1.43 bits per heavy atom. The van der Waals surface area contributed by atoms with Gasteiger partial charge in [-0.15, -0.1) is 0 Å². The predicted octanol–water partition coefficient (Wildman–Crippen LogP) is 4.74. The molecule has 0 saturated heterocycles.